The molecule has 3 aromatic rings. The molecule has 37 heavy (non-hydrogen) atoms. The molecule has 0 aliphatic carbocycles. The first kappa shape index (κ1) is 25.6. The molecule has 188 valence electrons. The predicted octanol–water partition coefficient (Wildman–Crippen LogP) is 2.43. The Labute approximate surface area is 216 Å². The number of nitrogens with two attached hydrogens (primary N) is 2. The summed E-state index contributed by atoms with van der Waals surface area (Å²) in [6.07, 6.45) is 1.61. The highest BCUT2D eigenvalue weighted by atomic mass is 16.2. The number of hydrogen-bond donors (Lipinski definition) is 3. The lowest BCUT2D eigenvalue weighted by Crippen LogP contribution is -2.44. The fourth-order valence-corrected chi connectivity index (χ4v) is 4.55. The third kappa shape index (κ3) is 5.52. The van der Waals surface area contributed by atoms with Crippen molar-refractivity contribution in [3.63, 3.8) is 0 Å². The number of nitrogens with zero attached hydrogens (tertiary/aromatic N) is 3. The van der Waals surface area contributed by atoms with Crippen molar-refractivity contribution in [1.82, 2.24) is 10.2 Å². The first-order chi connectivity index (χ1) is 18.0. The van der Waals surface area contributed by atoms with Gasteiger partial charge in [0.1, 0.15) is 0 Å². The van der Waals surface area contributed by atoms with Crippen LogP contribution < -0.4 is 16.8 Å². The zero-order valence-electron chi connectivity index (χ0n) is 20.5. The van der Waals surface area contributed by atoms with Crippen LogP contribution in [-0.4, -0.2) is 41.8 Å². The van der Waals surface area contributed by atoms with E-state index in [1.807, 2.05) is 66.7 Å². The number of nitrogens with one attached hydrogen (secondary N) is 1. The number of aliphatic imine (C=N–C) groups is 1. The maximum Gasteiger partial charge on any atom is 0.266 e. The molecule has 4 rings (SSSR count). The van der Waals surface area contributed by atoms with Crippen LogP contribution >= 0.6 is 0 Å². The largest absolute Gasteiger partial charge is 0.369 e. The van der Waals surface area contributed by atoms with Crippen LogP contribution in [-0.2, 0) is 21.5 Å². The molecule has 5 N–H and O–H groups in total. The Balaban J connectivity index is 1.32. The van der Waals surface area contributed by atoms with Gasteiger partial charge in [0.15, 0.2) is 11.5 Å². The van der Waals surface area contributed by atoms with Gasteiger partial charge in [0.25, 0.3) is 5.91 Å². The van der Waals surface area contributed by atoms with Crippen LogP contribution in [0.2, 0.25) is 0 Å². The van der Waals surface area contributed by atoms with E-state index < -0.39 is 11.6 Å². The van der Waals surface area contributed by atoms with Gasteiger partial charge in [-0.15, -0.1) is 0 Å². The van der Waals surface area contributed by atoms with E-state index in [1.54, 1.807) is 18.2 Å². The molecule has 0 spiro atoms. The minimum atomic E-state index is -1.21. The lowest BCUT2D eigenvalue weighted by molar-refractivity contribution is -0.130. The van der Waals surface area contributed by atoms with Crippen molar-refractivity contribution in [3.8, 4) is 6.07 Å². The minimum Gasteiger partial charge on any atom is -0.369 e. The van der Waals surface area contributed by atoms with Crippen LogP contribution in [0.4, 0.5) is 0 Å². The van der Waals surface area contributed by atoms with Crippen LogP contribution in [0.15, 0.2) is 89.9 Å². The highest BCUT2D eigenvalue weighted by molar-refractivity contribution is 6.09. The Morgan fingerprint density at radius 2 is 1.65 bits per heavy atom. The summed E-state index contributed by atoms with van der Waals surface area (Å²) in [7, 11) is 0. The Morgan fingerprint density at radius 1 is 1.00 bits per heavy atom. The molecule has 1 aliphatic rings. The van der Waals surface area contributed by atoms with Crippen LogP contribution in [0, 0.1) is 11.3 Å². The number of unbranched alkanes of at least 4 members (excludes halogenated alkanes) is 1. The summed E-state index contributed by atoms with van der Waals surface area (Å²) in [5.74, 6) is -0.260. The normalized spacial score (nSPS) is 15.1. The fraction of sp³-hybridized carbons (Fsp3) is 0.241. The second-order valence-electron chi connectivity index (χ2n) is 8.99. The highest BCUT2D eigenvalue weighted by Crippen LogP contribution is 2.39. The van der Waals surface area contributed by atoms with Crippen molar-refractivity contribution in [1.29, 1.82) is 5.26 Å². The molecule has 0 aromatic heterocycles. The summed E-state index contributed by atoms with van der Waals surface area (Å²) >= 11 is 0. The van der Waals surface area contributed by atoms with Gasteiger partial charge in [0.05, 0.1) is 17.7 Å². The minimum absolute atomic E-state index is 0.184. The Hall–Kier alpha value is -4.48. The molecule has 1 heterocycles. The fourth-order valence-electron chi connectivity index (χ4n) is 4.55. The van der Waals surface area contributed by atoms with Gasteiger partial charge in [-0.25, -0.2) is 4.99 Å². The summed E-state index contributed by atoms with van der Waals surface area (Å²) in [6, 6.07) is 27.3. The molecule has 0 saturated carbocycles. The zero-order chi connectivity index (χ0) is 26.3. The SMILES string of the molecule is N#Cc1cccc(C[C@H](N)C(=O)NCCCCN2C(=O)C(c3ccccc3)(c3ccccc3)N=C2N)c1. The molecule has 0 fully saturated rings. The highest BCUT2D eigenvalue weighted by Gasteiger charge is 2.50. The van der Waals surface area contributed by atoms with Gasteiger partial charge in [-0.3, -0.25) is 14.5 Å². The van der Waals surface area contributed by atoms with Crippen LogP contribution in [0.1, 0.15) is 35.1 Å². The van der Waals surface area contributed by atoms with E-state index in [0.717, 1.165) is 16.7 Å². The second-order valence-corrected chi connectivity index (χ2v) is 8.99. The average molecular weight is 495 g/mol. The van der Waals surface area contributed by atoms with Gasteiger partial charge in [0.2, 0.25) is 5.91 Å². The van der Waals surface area contributed by atoms with Crippen LogP contribution in [0.3, 0.4) is 0 Å². The number of carbonyl (C=O) groups is 2. The molecule has 0 bridgehead atoms. The first-order valence-corrected chi connectivity index (χ1v) is 12.3. The molecule has 1 atom stereocenters. The summed E-state index contributed by atoms with van der Waals surface area (Å²) in [4.78, 5) is 32.4. The molecule has 8 heteroatoms. The monoisotopic (exact) mass is 494 g/mol. The number of rotatable bonds is 10. The van der Waals surface area contributed by atoms with E-state index in [4.69, 9.17) is 16.7 Å². The number of benzene rings is 3. The van der Waals surface area contributed by atoms with E-state index in [0.29, 0.717) is 37.9 Å². The molecule has 8 nitrogen and oxygen atoms in total. The standard InChI is InChI=1S/C29H30N6O2/c30-20-22-11-9-10-21(18-22)19-25(31)26(36)33-16-7-8-17-35-27(37)29(34-28(35)32,23-12-3-1-4-13-23)24-14-5-2-6-15-24/h1-6,9-15,18,25H,7-8,16-17,19,31H2,(H2,32,34)(H,33,36)/t25-/m0/s1. The summed E-state index contributed by atoms with van der Waals surface area (Å²) in [5.41, 5.74) is 14.0. The Bertz CT molecular complexity index is 1280. The van der Waals surface area contributed by atoms with E-state index >= 15 is 0 Å². The van der Waals surface area contributed by atoms with Crippen molar-refractivity contribution in [2.75, 3.05) is 13.1 Å². The number of nitriles is 1. The molecule has 3 aromatic carbocycles. The van der Waals surface area contributed by atoms with Crippen LogP contribution in [0.5, 0.6) is 0 Å². The van der Waals surface area contributed by atoms with Gasteiger partial charge < -0.3 is 16.8 Å². The van der Waals surface area contributed by atoms with Gasteiger partial charge >= 0.3 is 0 Å². The maximum atomic E-state index is 13.7. The van der Waals surface area contributed by atoms with Gasteiger partial charge in [-0.2, -0.15) is 5.26 Å². The zero-order valence-corrected chi connectivity index (χ0v) is 20.5. The lowest BCUT2D eigenvalue weighted by Gasteiger charge is -2.27. The smallest absolute Gasteiger partial charge is 0.266 e. The van der Waals surface area contributed by atoms with Crippen molar-refractivity contribution >= 4 is 17.8 Å². The van der Waals surface area contributed by atoms with E-state index in [1.165, 1.54) is 4.90 Å². The Morgan fingerprint density at radius 3 is 2.27 bits per heavy atom. The second kappa shape index (κ2) is 11.5. The number of carbonyl (C=O) groups excluding carboxylic acids is 2. The molecule has 0 saturated heterocycles. The van der Waals surface area contributed by atoms with Crippen molar-refractivity contribution in [3.05, 3.63) is 107 Å². The Kier molecular flexibility index (Phi) is 7.96. The quantitative estimate of drug-likeness (QED) is 0.372. The average Bonchev–Trinajstić information content (AvgIpc) is 3.19. The molecule has 2 amide bonds. The van der Waals surface area contributed by atoms with Crippen molar-refractivity contribution < 1.29 is 9.59 Å². The van der Waals surface area contributed by atoms with E-state index in [2.05, 4.69) is 16.4 Å². The van der Waals surface area contributed by atoms with E-state index in [9.17, 15) is 9.59 Å². The molecule has 1 aliphatic heterocycles. The number of amides is 2. The van der Waals surface area contributed by atoms with Gasteiger partial charge in [-0.1, -0.05) is 72.8 Å². The third-order valence-electron chi connectivity index (χ3n) is 6.45. The molecular formula is C29H30N6O2. The predicted molar refractivity (Wildman–Crippen MR) is 142 cm³/mol. The summed E-state index contributed by atoms with van der Waals surface area (Å²) < 4.78 is 0. The molecule has 0 radical (unpaired) electrons. The molecular weight excluding hydrogens is 464 g/mol. The maximum absolute atomic E-state index is 13.7. The summed E-state index contributed by atoms with van der Waals surface area (Å²) in [5, 5.41) is 11.9. The number of hydrogen-bond acceptors (Lipinski definition) is 6. The van der Waals surface area contributed by atoms with Crippen molar-refractivity contribution in [2.24, 2.45) is 16.5 Å². The first-order valence-electron chi connectivity index (χ1n) is 12.3. The van der Waals surface area contributed by atoms with Crippen LogP contribution in [0.25, 0.3) is 0 Å². The van der Waals surface area contributed by atoms with Gasteiger partial charge in [0, 0.05) is 13.1 Å². The van der Waals surface area contributed by atoms with E-state index in [-0.39, 0.29) is 17.8 Å². The van der Waals surface area contributed by atoms with Gasteiger partial charge in [-0.05, 0) is 48.1 Å². The van der Waals surface area contributed by atoms with Crippen molar-refractivity contribution in [2.45, 2.75) is 30.8 Å². The lowest BCUT2D eigenvalue weighted by atomic mass is 9.83. The molecule has 0 unspecified atom stereocenters. The summed E-state index contributed by atoms with van der Waals surface area (Å²) in [6.45, 7) is 0.810. The number of guanidine groups is 1. The third-order valence-corrected chi connectivity index (χ3v) is 6.45. The topological polar surface area (TPSA) is 138 Å².